The van der Waals surface area contributed by atoms with Crippen LogP contribution in [0.5, 0.6) is 0 Å². The highest BCUT2D eigenvalue weighted by Crippen LogP contribution is 2.27. The first kappa shape index (κ1) is 18.2. The van der Waals surface area contributed by atoms with Crippen LogP contribution >= 0.6 is 23.2 Å². The number of nitrogens with zero attached hydrogens (tertiary/aromatic N) is 2. The molecule has 23 heavy (non-hydrogen) atoms. The third-order valence-corrected chi connectivity index (χ3v) is 5.25. The number of sulfonamides is 1. The van der Waals surface area contributed by atoms with Gasteiger partial charge in [-0.3, -0.25) is 0 Å². The quantitative estimate of drug-likeness (QED) is 0.828. The number of halogens is 2. The zero-order valence-corrected chi connectivity index (χ0v) is 15.2. The summed E-state index contributed by atoms with van der Waals surface area (Å²) in [6.07, 6.45) is 0.516. The Labute approximate surface area is 145 Å². The minimum Gasteiger partial charge on any atom is -0.424 e. The summed E-state index contributed by atoms with van der Waals surface area (Å²) in [5.41, 5.74) is 0. The second-order valence-electron chi connectivity index (χ2n) is 5.54. The van der Waals surface area contributed by atoms with E-state index in [2.05, 4.69) is 14.9 Å². The van der Waals surface area contributed by atoms with Gasteiger partial charge in [0.25, 0.3) is 0 Å². The average molecular weight is 378 g/mol. The topological polar surface area (TPSA) is 85.1 Å². The van der Waals surface area contributed by atoms with E-state index in [-0.39, 0.29) is 26.7 Å². The molecule has 2 rings (SSSR count). The van der Waals surface area contributed by atoms with Gasteiger partial charge in [0.2, 0.25) is 21.8 Å². The molecule has 1 atom stereocenters. The molecule has 1 aromatic carbocycles. The molecule has 126 valence electrons. The Hall–Kier alpha value is -1.15. The van der Waals surface area contributed by atoms with Gasteiger partial charge >= 0.3 is 0 Å². The molecule has 1 heterocycles. The fourth-order valence-electron chi connectivity index (χ4n) is 2.02. The van der Waals surface area contributed by atoms with Crippen molar-refractivity contribution in [3.05, 3.63) is 40.0 Å². The van der Waals surface area contributed by atoms with Crippen LogP contribution < -0.4 is 4.72 Å². The highest BCUT2D eigenvalue weighted by molar-refractivity contribution is 7.89. The van der Waals surface area contributed by atoms with Crippen molar-refractivity contribution >= 4 is 33.2 Å². The average Bonchev–Trinajstić information content (AvgIpc) is 2.87. The molecular formula is C14H17Cl2N3O3S. The summed E-state index contributed by atoms with van der Waals surface area (Å²) in [5, 5.41) is 8.13. The minimum absolute atomic E-state index is 0.0249. The van der Waals surface area contributed by atoms with E-state index in [0.717, 1.165) is 0 Å². The lowest BCUT2D eigenvalue weighted by Crippen LogP contribution is -2.30. The molecule has 0 aliphatic carbocycles. The standard InChI is InChI=1S/C14H17Cl2N3O3S/c1-8(2)6-13(14-18-17-9(3)22-14)19-23(20,21)10-4-5-11(15)12(16)7-10/h4-5,7-8,13,19H,6H2,1-3H3. The van der Waals surface area contributed by atoms with Crippen molar-refractivity contribution in [3.8, 4) is 0 Å². The number of hydrogen-bond acceptors (Lipinski definition) is 5. The molecule has 0 bridgehead atoms. The minimum atomic E-state index is -3.80. The first-order valence-corrected chi connectivity index (χ1v) is 9.20. The maximum absolute atomic E-state index is 12.6. The van der Waals surface area contributed by atoms with Crippen LogP contribution in [0.2, 0.25) is 10.0 Å². The molecule has 0 spiro atoms. The highest BCUT2D eigenvalue weighted by atomic mass is 35.5. The molecule has 0 aliphatic rings. The van der Waals surface area contributed by atoms with Gasteiger partial charge in [-0.25, -0.2) is 8.42 Å². The fraction of sp³-hybridized carbons (Fsp3) is 0.429. The smallest absolute Gasteiger partial charge is 0.241 e. The first-order chi connectivity index (χ1) is 10.7. The SMILES string of the molecule is Cc1nnc(C(CC(C)C)NS(=O)(=O)c2ccc(Cl)c(Cl)c2)o1. The molecule has 1 N–H and O–H groups in total. The van der Waals surface area contributed by atoms with Gasteiger partial charge in [-0.05, 0) is 30.5 Å². The molecule has 1 unspecified atom stereocenters. The summed E-state index contributed by atoms with van der Waals surface area (Å²) in [6, 6.07) is 3.52. The Bertz CT molecular complexity index is 790. The molecule has 2 aromatic rings. The molecule has 0 radical (unpaired) electrons. The van der Waals surface area contributed by atoms with Crippen LogP contribution in [0, 0.1) is 12.8 Å². The molecule has 9 heteroatoms. The number of aromatic nitrogens is 2. The fourth-order valence-corrected chi connectivity index (χ4v) is 3.61. The Kier molecular flexibility index (Phi) is 5.67. The number of hydrogen-bond donors (Lipinski definition) is 1. The van der Waals surface area contributed by atoms with E-state index in [1.807, 2.05) is 13.8 Å². The summed E-state index contributed by atoms with van der Waals surface area (Å²) >= 11 is 11.7. The van der Waals surface area contributed by atoms with E-state index in [0.29, 0.717) is 12.3 Å². The Morgan fingerprint density at radius 2 is 1.91 bits per heavy atom. The van der Waals surface area contributed by atoms with Crippen LogP contribution in [0.3, 0.4) is 0 Å². The molecule has 0 aliphatic heterocycles. The van der Waals surface area contributed by atoms with Crippen LogP contribution in [0.1, 0.15) is 38.1 Å². The zero-order chi connectivity index (χ0) is 17.2. The van der Waals surface area contributed by atoms with Gasteiger partial charge in [-0.15, -0.1) is 10.2 Å². The lowest BCUT2D eigenvalue weighted by molar-refractivity contribution is 0.372. The van der Waals surface area contributed by atoms with Gasteiger partial charge in [0.05, 0.1) is 14.9 Å². The summed E-state index contributed by atoms with van der Waals surface area (Å²) in [4.78, 5) is 0.0249. The Balaban J connectivity index is 2.31. The lowest BCUT2D eigenvalue weighted by Gasteiger charge is -2.17. The summed E-state index contributed by atoms with van der Waals surface area (Å²) in [5.74, 6) is 0.839. The van der Waals surface area contributed by atoms with Crippen LogP contribution in [-0.4, -0.2) is 18.6 Å². The predicted molar refractivity (Wildman–Crippen MR) is 88.0 cm³/mol. The van der Waals surface area contributed by atoms with Gasteiger partial charge in [-0.2, -0.15) is 4.72 Å². The lowest BCUT2D eigenvalue weighted by atomic mass is 10.0. The monoisotopic (exact) mass is 377 g/mol. The summed E-state index contributed by atoms with van der Waals surface area (Å²) < 4.78 is 33.1. The third kappa shape index (κ3) is 4.67. The van der Waals surface area contributed by atoms with E-state index >= 15 is 0 Å². The van der Waals surface area contributed by atoms with Crippen LogP contribution in [-0.2, 0) is 10.0 Å². The Morgan fingerprint density at radius 3 is 2.43 bits per heavy atom. The third-order valence-electron chi connectivity index (χ3n) is 3.05. The van der Waals surface area contributed by atoms with E-state index < -0.39 is 16.1 Å². The molecular weight excluding hydrogens is 361 g/mol. The zero-order valence-electron chi connectivity index (χ0n) is 12.9. The van der Waals surface area contributed by atoms with E-state index in [1.54, 1.807) is 6.92 Å². The maximum Gasteiger partial charge on any atom is 0.241 e. The number of rotatable bonds is 6. The second-order valence-corrected chi connectivity index (χ2v) is 8.07. The van der Waals surface area contributed by atoms with Crippen molar-refractivity contribution in [1.29, 1.82) is 0 Å². The predicted octanol–water partition coefficient (Wildman–Crippen LogP) is 3.75. The molecule has 1 aromatic heterocycles. The van der Waals surface area contributed by atoms with E-state index in [9.17, 15) is 8.42 Å². The highest BCUT2D eigenvalue weighted by Gasteiger charge is 2.26. The van der Waals surface area contributed by atoms with Crippen molar-refractivity contribution in [1.82, 2.24) is 14.9 Å². The van der Waals surface area contributed by atoms with E-state index in [1.165, 1.54) is 18.2 Å². The van der Waals surface area contributed by atoms with Crippen molar-refractivity contribution < 1.29 is 12.8 Å². The maximum atomic E-state index is 12.6. The normalized spacial score (nSPS) is 13.5. The molecule has 0 saturated carbocycles. The largest absolute Gasteiger partial charge is 0.424 e. The second kappa shape index (κ2) is 7.17. The van der Waals surface area contributed by atoms with Gasteiger partial charge in [0.15, 0.2) is 0 Å². The Morgan fingerprint density at radius 1 is 1.22 bits per heavy atom. The summed E-state index contributed by atoms with van der Waals surface area (Å²) in [6.45, 7) is 5.60. The van der Waals surface area contributed by atoms with Crippen molar-refractivity contribution in [2.24, 2.45) is 5.92 Å². The van der Waals surface area contributed by atoms with Gasteiger partial charge in [0, 0.05) is 6.92 Å². The molecule has 6 nitrogen and oxygen atoms in total. The van der Waals surface area contributed by atoms with Gasteiger partial charge in [0.1, 0.15) is 6.04 Å². The number of nitrogens with one attached hydrogen (secondary N) is 1. The van der Waals surface area contributed by atoms with Crippen LogP contribution in [0.25, 0.3) is 0 Å². The molecule has 0 saturated heterocycles. The van der Waals surface area contributed by atoms with Crippen LogP contribution in [0.15, 0.2) is 27.5 Å². The molecule has 0 amide bonds. The number of benzene rings is 1. The first-order valence-electron chi connectivity index (χ1n) is 6.96. The molecule has 0 fully saturated rings. The van der Waals surface area contributed by atoms with E-state index in [4.69, 9.17) is 27.6 Å². The van der Waals surface area contributed by atoms with Crippen molar-refractivity contribution in [2.75, 3.05) is 0 Å². The van der Waals surface area contributed by atoms with Crippen LogP contribution in [0.4, 0.5) is 0 Å². The number of aryl methyl sites for hydroxylation is 1. The van der Waals surface area contributed by atoms with Gasteiger partial charge in [-0.1, -0.05) is 37.0 Å². The van der Waals surface area contributed by atoms with Crippen molar-refractivity contribution in [2.45, 2.75) is 38.1 Å². The van der Waals surface area contributed by atoms with Crippen molar-refractivity contribution in [3.63, 3.8) is 0 Å². The summed E-state index contributed by atoms with van der Waals surface area (Å²) in [7, 11) is -3.80. The van der Waals surface area contributed by atoms with Gasteiger partial charge < -0.3 is 4.42 Å².